The van der Waals surface area contributed by atoms with Crippen molar-refractivity contribution in [2.45, 2.75) is 84.1 Å². The molecule has 0 aliphatic heterocycles. The maximum absolute atomic E-state index is 6.58. The second-order valence-corrected chi connectivity index (χ2v) is 7.33. The predicted molar refractivity (Wildman–Crippen MR) is 74.9 cm³/mol. The van der Waals surface area contributed by atoms with Gasteiger partial charge in [0.15, 0.2) is 0 Å². The molecule has 2 saturated carbocycles. The van der Waals surface area contributed by atoms with Gasteiger partial charge in [0.1, 0.15) is 0 Å². The lowest BCUT2D eigenvalue weighted by Gasteiger charge is -2.39. The lowest BCUT2D eigenvalue weighted by Crippen LogP contribution is -2.40. The Morgan fingerprint density at radius 1 is 0.824 bits per heavy atom. The summed E-state index contributed by atoms with van der Waals surface area (Å²) in [5.74, 6) is 1.66. The first-order valence-corrected chi connectivity index (χ1v) is 7.84. The highest BCUT2D eigenvalue weighted by Gasteiger charge is 2.33. The maximum Gasteiger partial charge on any atom is 0.00956 e. The normalized spacial score (nSPS) is 29.8. The Hall–Kier alpha value is -0.0400. The van der Waals surface area contributed by atoms with Crippen LogP contribution in [0.15, 0.2) is 0 Å². The van der Waals surface area contributed by atoms with Gasteiger partial charge in [-0.05, 0) is 55.8 Å². The molecule has 2 aliphatic carbocycles. The van der Waals surface area contributed by atoms with E-state index in [1.54, 1.807) is 0 Å². The van der Waals surface area contributed by atoms with Crippen LogP contribution >= 0.6 is 0 Å². The molecule has 0 aromatic carbocycles. The van der Waals surface area contributed by atoms with Crippen LogP contribution in [0.1, 0.15) is 78.1 Å². The van der Waals surface area contributed by atoms with Crippen molar-refractivity contribution in [1.82, 2.24) is 0 Å². The van der Waals surface area contributed by atoms with Gasteiger partial charge in [0.25, 0.3) is 0 Å². The second-order valence-electron chi connectivity index (χ2n) is 7.33. The molecule has 0 radical (unpaired) electrons. The second kappa shape index (κ2) is 5.73. The third-order valence-corrected chi connectivity index (χ3v) is 5.37. The number of nitrogens with two attached hydrogens (primary N) is 1. The minimum absolute atomic E-state index is 0.504. The van der Waals surface area contributed by atoms with Gasteiger partial charge in [-0.25, -0.2) is 0 Å². The van der Waals surface area contributed by atoms with E-state index in [0.29, 0.717) is 11.5 Å². The fourth-order valence-corrected chi connectivity index (χ4v) is 3.89. The van der Waals surface area contributed by atoms with Crippen molar-refractivity contribution < 1.29 is 0 Å². The van der Waals surface area contributed by atoms with Gasteiger partial charge in [-0.3, -0.25) is 0 Å². The van der Waals surface area contributed by atoms with Gasteiger partial charge in [0, 0.05) is 6.04 Å². The van der Waals surface area contributed by atoms with E-state index >= 15 is 0 Å². The molecule has 2 fully saturated rings. The summed E-state index contributed by atoms with van der Waals surface area (Å²) in [7, 11) is 0. The molecular weight excluding hydrogens is 206 g/mol. The Balaban J connectivity index is 1.84. The van der Waals surface area contributed by atoms with Gasteiger partial charge in [-0.2, -0.15) is 0 Å². The highest BCUT2D eigenvalue weighted by atomic mass is 14.7. The summed E-state index contributed by atoms with van der Waals surface area (Å²) in [6.45, 7) is 4.83. The number of rotatable bonds is 2. The average molecular weight is 237 g/mol. The summed E-state index contributed by atoms with van der Waals surface area (Å²) in [6.07, 6.45) is 14.1. The summed E-state index contributed by atoms with van der Waals surface area (Å²) < 4.78 is 0. The largest absolute Gasteiger partial charge is 0.327 e. The van der Waals surface area contributed by atoms with Crippen LogP contribution in [-0.4, -0.2) is 6.04 Å². The molecular formula is C16H31N. The van der Waals surface area contributed by atoms with Crippen molar-refractivity contribution in [1.29, 1.82) is 0 Å². The first-order chi connectivity index (χ1) is 8.08. The monoisotopic (exact) mass is 237 g/mol. The minimum Gasteiger partial charge on any atom is -0.327 e. The lowest BCUT2D eigenvalue weighted by molar-refractivity contribution is 0.147. The third-order valence-electron chi connectivity index (χ3n) is 5.37. The summed E-state index contributed by atoms with van der Waals surface area (Å²) in [6, 6.07) is 0.504. The minimum atomic E-state index is 0.504. The lowest BCUT2D eigenvalue weighted by atomic mass is 9.69. The molecule has 1 unspecified atom stereocenters. The zero-order valence-corrected chi connectivity index (χ0v) is 11.9. The van der Waals surface area contributed by atoms with Crippen molar-refractivity contribution in [3.05, 3.63) is 0 Å². The Morgan fingerprint density at radius 3 is 1.82 bits per heavy atom. The van der Waals surface area contributed by atoms with Gasteiger partial charge in [-0.1, -0.05) is 39.5 Å². The van der Waals surface area contributed by atoms with Crippen molar-refractivity contribution in [2.75, 3.05) is 0 Å². The fourth-order valence-electron chi connectivity index (χ4n) is 3.89. The van der Waals surface area contributed by atoms with Gasteiger partial charge >= 0.3 is 0 Å². The molecule has 0 heterocycles. The highest BCUT2D eigenvalue weighted by molar-refractivity contribution is 4.87. The van der Waals surface area contributed by atoms with Crippen LogP contribution in [0.5, 0.6) is 0 Å². The molecule has 17 heavy (non-hydrogen) atoms. The fraction of sp³-hybridized carbons (Fsp3) is 1.00. The zero-order chi connectivity index (χ0) is 12.3. The summed E-state index contributed by atoms with van der Waals surface area (Å²) in [5, 5.41) is 0. The molecule has 0 bridgehead atoms. The zero-order valence-electron chi connectivity index (χ0n) is 11.9. The highest BCUT2D eigenvalue weighted by Crippen LogP contribution is 2.41. The average Bonchev–Trinajstić information content (AvgIpc) is 2.56. The molecule has 2 aliphatic rings. The Morgan fingerprint density at radius 2 is 1.29 bits per heavy atom. The molecule has 0 aromatic rings. The van der Waals surface area contributed by atoms with Crippen LogP contribution in [0.2, 0.25) is 0 Å². The van der Waals surface area contributed by atoms with E-state index < -0.39 is 0 Å². The molecule has 2 rings (SSSR count). The van der Waals surface area contributed by atoms with E-state index in [1.165, 1.54) is 64.2 Å². The number of hydrogen-bond donors (Lipinski definition) is 1. The molecule has 100 valence electrons. The smallest absolute Gasteiger partial charge is 0.00956 e. The predicted octanol–water partition coefficient (Wildman–Crippen LogP) is 4.50. The van der Waals surface area contributed by atoms with Crippen LogP contribution in [0.25, 0.3) is 0 Å². The molecule has 1 nitrogen and oxygen atoms in total. The molecule has 0 spiro atoms. The van der Waals surface area contributed by atoms with Crippen LogP contribution in [0, 0.1) is 17.3 Å². The first-order valence-electron chi connectivity index (χ1n) is 7.84. The first kappa shape index (κ1) is 13.4. The summed E-state index contributed by atoms with van der Waals surface area (Å²) in [4.78, 5) is 0. The van der Waals surface area contributed by atoms with Crippen molar-refractivity contribution in [3.8, 4) is 0 Å². The van der Waals surface area contributed by atoms with Crippen molar-refractivity contribution >= 4 is 0 Å². The van der Waals surface area contributed by atoms with E-state index in [0.717, 1.165) is 11.8 Å². The third kappa shape index (κ3) is 3.71. The standard InChI is InChI=1S/C16H31N/c1-16(2)11-9-14(10-12-16)15(17)13-7-5-3-4-6-8-13/h13-15H,3-12,17H2,1-2H3. The molecule has 1 heteroatoms. The molecule has 2 N–H and O–H groups in total. The van der Waals surface area contributed by atoms with Crippen molar-refractivity contribution in [3.63, 3.8) is 0 Å². The van der Waals surface area contributed by atoms with Crippen LogP contribution < -0.4 is 5.73 Å². The molecule has 1 atom stereocenters. The van der Waals surface area contributed by atoms with E-state index in [-0.39, 0.29) is 0 Å². The van der Waals surface area contributed by atoms with E-state index in [4.69, 9.17) is 5.73 Å². The maximum atomic E-state index is 6.58. The Bertz CT molecular complexity index is 216. The summed E-state index contributed by atoms with van der Waals surface area (Å²) in [5.41, 5.74) is 7.16. The van der Waals surface area contributed by atoms with Crippen LogP contribution in [0.3, 0.4) is 0 Å². The molecule has 0 saturated heterocycles. The van der Waals surface area contributed by atoms with E-state index in [1.807, 2.05) is 0 Å². The summed E-state index contributed by atoms with van der Waals surface area (Å²) >= 11 is 0. The van der Waals surface area contributed by atoms with Crippen LogP contribution in [0.4, 0.5) is 0 Å². The van der Waals surface area contributed by atoms with Crippen molar-refractivity contribution in [2.24, 2.45) is 23.0 Å². The van der Waals surface area contributed by atoms with Crippen LogP contribution in [-0.2, 0) is 0 Å². The Labute approximate surface area is 108 Å². The van der Waals surface area contributed by atoms with E-state index in [2.05, 4.69) is 13.8 Å². The van der Waals surface area contributed by atoms with Gasteiger partial charge < -0.3 is 5.73 Å². The number of hydrogen-bond acceptors (Lipinski definition) is 1. The quantitative estimate of drug-likeness (QED) is 0.703. The SMILES string of the molecule is CC1(C)CCC(C(N)C2CCCCCC2)CC1. The molecule has 0 aromatic heterocycles. The topological polar surface area (TPSA) is 26.0 Å². The molecule has 0 amide bonds. The van der Waals surface area contributed by atoms with Gasteiger partial charge in [0.2, 0.25) is 0 Å². The Kier molecular flexibility index (Phi) is 4.52. The van der Waals surface area contributed by atoms with Gasteiger partial charge in [-0.15, -0.1) is 0 Å². The van der Waals surface area contributed by atoms with Gasteiger partial charge in [0.05, 0.1) is 0 Å². The van der Waals surface area contributed by atoms with E-state index in [9.17, 15) is 0 Å².